The minimum atomic E-state index is 0.594. The molecule has 0 aliphatic carbocycles. The van der Waals surface area contributed by atoms with Gasteiger partial charge in [-0.1, -0.05) is 19.4 Å². The maximum atomic E-state index is 5.11. The van der Waals surface area contributed by atoms with Crippen LogP contribution in [-0.2, 0) is 4.74 Å². The molecular weight excluding hydrogens is 136 g/mol. The monoisotopic (exact) mass is 155 g/mol. The molecule has 11 heavy (non-hydrogen) atoms. The van der Waals surface area contributed by atoms with Gasteiger partial charge in [0.2, 0.25) is 0 Å². The molecule has 1 atom stereocenters. The maximum absolute atomic E-state index is 5.11. The van der Waals surface area contributed by atoms with Gasteiger partial charge in [0.15, 0.2) is 0 Å². The van der Waals surface area contributed by atoms with E-state index in [1.165, 1.54) is 12.8 Å². The zero-order chi connectivity index (χ0) is 8.53. The van der Waals surface area contributed by atoms with E-state index in [9.17, 15) is 0 Å². The smallest absolute Gasteiger partial charge is 0.0466 e. The molecule has 0 fully saturated rings. The van der Waals surface area contributed by atoms with Gasteiger partial charge in [-0.3, -0.25) is 0 Å². The summed E-state index contributed by atoms with van der Waals surface area (Å²) in [6.45, 7) is 11.0. The Morgan fingerprint density at radius 2 is 2.18 bits per heavy atom. The van der Waals surface area contributed by atoms with Gasteiger partial charge in [-0.25, -0.2) is 0 Å². The van der Waals surface area contributed by atoms with E-state index in [-0.39, 0.29) is 0 Å². The van der Waals surface area contributed by atoms with Crippen molar-refractivity contribution in [3.05, 3.63) is 19.6 Å². The van der Waals surface area contributed by atoms with Gasteiger partial charge in [-0.2, -0.15) is 0 Å². The van der Waals surface area contributed by atoms with Crippen molar-refractivity contribution in [2.24, 2.45) is 5.92 Å². The van der Waals surface area contributed by atoms with Crippen molar-refractivity contribution >= 4 is 0 Å². The van der Waals surface area contributed by atoms with E-state index in [0.717, 1.165) is 13.0 Å². The molecule has 1 heteroatoms. The second-order valence-electron chi connectivity index (χ2n) is 2.82. The van der Waals surface area contributed by atoms with Crippen LogP contribution in [0.2, 0.25) is 0 Å². The van der Waals surface area contributed by atoms with E-state index < -0.39 is 0 Å². The maximum Gasteiger partial charge on any atom is 0.0466 e. The van der Waals surface area contributed by atoms with Crippen LogP contribution in [0.25, 0.3) is 0 Å². The molecule has 0 aliphatic heterocycles. The highest BCUT2D eigenvalue weighted by Gasteiger charge is 1.94. The quantitative estimate of drug-likeness (QED) is 0.406. The molecule has 1 unspecified atom stereocenters. The molecule has 0 aromatic heterocycles. The van der Waals surface area contributed by atoms with Crippen molar-refractivity contribution < 1.29 is 4.74 Å². The molecule has 0 N–H and O–H groups in total. The summed E-state index contributed by atoms with van der Waals surface area (Å²) < 4.78 is 5.11. The molecule has 0 amide bonds. The largest absolute Gasteiger partial charge is 0.381 e. The van der Waals surface area contributed by atoms with Crippen LogP contribution < -0.4 is 0 Å². The molecule has 0 saturated heterocycles. The van der Waals surface area contributed by atoms with Crippen LogP contribution in [0.3, 0.4) is 0 Å². The zero-order valence-electron chi connectivity index (χ0n) is 7.51. The molecule has 1 radical (unpaired) electrons. The molecule has 0 bridgehead atoms. The van der Waals surface area contributed by atoms with Crippen molar-refractivity contribution in [3.63, 3.8) is 0 Å². The van der Waals surface area contributed by atoms with E-state index in [4.69, 9.17) is 4.74 Å². The SMILES string of the molecule is [CH2]COCCCCC(C)C=C. The van der Waals surface area contributed by atoms with Crippen molar-refractivity contribution in [1.29, 1.82) is 0 Å². The van der Waals surface area contributed by atoms with E-state index in [0.29, 0.717) is 12.5 Å². The lowest BCUT2D eigenvalue weighted by molar-refractivity contribution is 0.155. The van der Waals surface area contributed by atoms with Crippen molar-refractivity contribution in [2.75, 3.05) is 13.2 Å². The van der Waals surface area contributed by atoms with E-state index in [2.05, 4.69) is 20.4 Å². The van der Waals surface area contributed by atoms with Gasteiger partial charge in [0.05, 0.1) is 0 Å². The Hall–Kier alpha value is -0.300. The summed E-state index contributed by atoms with van der Waals surface area (Å²) >= 11 is 0. The highest BCUT2D eigenvalue weighted by atomic mass is 16.5. The predicted octanol–water partition coefficient (Wildman–Crippen LogP) is 2.83. The third-order valence-corrected chi connectivity index (χ3v) is 1.74. The molecular formula is C10H19O. The Morgan fingerprint density at radius 3 is 2.73 bits per heavy atom. The summed E-state index contributed by atoms with van der Waals surface area (Å²) in [4.78, 5) is 0. The summed E-state index contributed by atoms with van der Waals surface area (Å²) in [6, 6.07) is 0. The fourth-order valence-electron chi connectivity index (χ4n) is 0.890. The molecule has 0 rings (SSSR count). The Balaban J connectivity index is 2.95. The van der Waals surface area contributed by atoms with E-state index in [1.807, 2.05) is 6.08 Å². The molecule has 0 aromatic carbocycles. The number of hydrogen-bond acceptors (Lipinski definition) is 1. The standard InChI is InChI=1S/C10H19O/c1-4-10(3)8-6-7-9-11-5-2/h4,10H,1-2,5-9H2,3H3. The molecule has 1 nitrogen and oxygen atoms in total. The number of hydrogen-bond donors (Lipinski definition) is 0. The fourth-order valence-corrected chi connectivity index (χ4v) is 0.890. The topological polar surface area (TPSA) is 9.23 Å². The first-order chi connectivity index (χ1) is 5.31. The highest BCUT2D eigenvalue weighted by Crippen LogP contribution is 2.07. The average Bonchev–Trinajstić information content (AvgIpc) is 2.04. The van der Waals surface area contributed by atoms with Gasteiger partial charge in [-0.15, -0.1) is 6.58 Å². The van der Waals surface area contributed by atoms with E-state index >= 15 is 0 Å². The number of allylic oxidation sites excluding steroid dienone is 1. The normalized spacial score (nSPS) is 12.9. The van der Waals surface area contributed by atoms with Crippen LogP contribution in [0.15, 0.2) is 12.7 Å². The first kappa shape index (κ1) is 10.7. The molecule has 0 heterocycles. The zero-order valence-corrected chi connectivity index (χ0v) is 7.51. The number of rotatable bonds is 7. The van der Waals surface area contributed by atoms with Crippen molar-refractivity contribution in [1.82, 2.24) is 0 Å². The summed E-state index contributed by atoms with van der Waals surface area (Å²) in [5.74, 6) is 0.648. The first-order valence-corrected chi connectivity index (χ1v) is 4.30. The molecule has 0 saturated carbocycles. The van der Waals surface area contributed by atoms with Crippen LogP contribution in [-0.4, -0.2) is 13.2 Å². The van der Waals surface area contributed by atoms with Crippen molar-refractivity contribution in [2.45, 2.75) is 26.2 Å². The first-order valence-electron chi connectivity index (χ1n) is 4.30. The lowest BCUT2D eigenvalue weighted by Crippen LogP contribution is -1.95. The van der Waals surface area contributed by atoms with Gasteiger partial charge in [0, 0.05) is 13.2 Å². The molecule has 65 valence electrons. The summed E-state index contributed by atoms with van der Waals surface area (Å²) in [5, 5.41) is 0. The molecule has 0 spiro atoms. The average molecular weight is 155 g/mol. The lowest BCUT2D eigenvalue weighted by atomic mass is 10.1. The lowest BCUT2D eigenvalue weighted by Gasteiger charge is -2.04. The summed E-state index contributed by atoms with van der Waals surface area (Å²) in [6.07, 6.45) is 5.60. The fraction of sp³-hybridized carbons (Fsp3) is 0.700. The van der Waals surface area contributed by atoms with Gasteiger partial charge >= 0.3 is 0 Å². The van der Waals surface area contributed by atoms with Gasteiger partial charge in [0.1, 0.15) is 0 Å². The highest BCUT2D eigenvalue weighted by molar-refractivity contribution is 4.74. The van der Waals surface area contributed by atoms with Gasteiger partial charge < -0.3 is 4.74 Å². The second-order valence-corrected chi connectivity index (χ2v) is 2.82. The molecule has 0 aliphatic rings. The molecule has 0 aromatic rings. The second kappa shape index (κ2) is 7.80. The Morgan fingerprint density at radius 1 is 1.45 bits per heavy atom. The summed E-state index contributed by atoms with van der Waals surface area (Å²) in [7, 11) is 0. The van der Waals surface area contributed by atoms with Crippen LogP contribution in [0.5, 0.6) is 0 Å². The Bertz CT molecular complexity index is 88.9. The van der Waals surface area contributed by atoms with Crippen molar-refractivity contribution in [3.8, 4) is 0 Å². The van der Waals surface area contributed by atoms with Gasteiger partial charge in [0.25, 0.3) is 0 Å². The van der Waals surface area contributed by atoms with Crippen LogP contribution >= 0.6 is 0 Å². The Kier molecular flexibility index (Phi) is 7.59. The minimum absolute atomic E-state index is 0.594. The minimum Gasteiger partial charge on any atom is -0.381 e. The number of unbranched alkanes of at least 4 members (excludes halogenated alkanes) is 1. The Labute approximate surface area is 70.4 Å². The van der Waals surface area contributed by atoms with Crippen LogP contribution in [0.4, 0.5) is 0 Å². The number of ether oxygens (including phenoxy) is 1. The van der Waals surface area contributed by atoms with Crippen LogP contribution in [0, 0.1) is 12.8 Å². The van der Waals surface area contributed by atoms with E-state index in [1.54, 1.807) is 0 Å². The van der Waals surface area contributed by atoms with Crippen LogP contribution in [0.1, 0.15) is 26.2 Å². The third-order valence-electron chi connectivity index (χ3n) is 1.74. The van der Waals surface area contributed by atoms with Gasteiger partial charge in [-0.05, 0) is 25.7 Å². The summed E-state index contributed by atoms with van der Waals surface area (Å²) in [5.41, 5.74) is 0. The third kappa shape index (κ3) is 7.60. The predicted molar refractivity (Wildman–Crippen MR) is 49.4 cm³/mol.